The lowest BCUT2D eigenvalue weighted by Crippen LogP contribution is -2.39. The number of carbonyl (C=O) groups excluding carboxylic acids is 2. The fraction of sp³-hybridized carbons (Fsp3) is 0.231. The van der Waals surface area contributed by atoms with Gasteiger partial charge in [-0.25, -0.2) is 0 Å². The molecular formula is C13H10N4O3. The molecule has 7 heteroatoms. The molecule has 100 valence electrons. The number of nitrogens with zero attached hydrogens (tertiary/aromatic N) is 2. The predicted molar refractivity (Wildman–Crippen MR) is 68.8 cm³/mol. The van der Waals surface area contributed by atoms with Gasteiger partial charge in [-0.3, -0.25) is 20.0 Å². The second kappa shape index (κ2) is 3.89. The number of aromatic amines is 1. The minimum atomic E-state index is -0.463. The van der Waals surface area contributed by atoms with Gasteiger partial charge in [0, 0.05) is 11.8 Å². The van der Waals surface area contributed by atoms with Crippen LogP contribution in [0.4, 0.5) is 0 Å². The van der Waals surface area contributed by atoms with Gasteiger partial charge in [0.05, 0.1) is 23.0 Å². The van der Waals surface area contributed by atoms with Crippen molar-refractivity contribution in [2.45, 2.75) is 18.8 Å². The van der Waals surface area contributed by atoms with Gasteiger partial charge in [0.1, 0.15) is 5.69 Å². The molecule has 3 heterocycles. The summed E-state index contributed by atoms with van der Waals surface area (Å²) < 4.78 is 5.30. The van der Waals surface area contributed by atoms with Crippen LogP contribution in [0.1, 0.15) is 24.5 Å². The molecule has 2 aromatic heterocycles. The van der Waals surface area contributed by atoms with E-state index in [2.05, 4.69) is 20.7 Å². The topological polar surface area (TPSA) is 101 Å². The monoisotopic (exact) mass is 270 g/mol. The number of H-pyrrole nitrogens is 1. The lowest BCUT2D eigenvalue weighted by molar-refractivity contribution is -0.134. The number of amides is 2. The molecule has 1 saturated heterocycles. The molecule has 4 rings (SSSR count). The highest BCUT2D eigenvalue weighted by atomic mass is 16.5. The van der Waals surface area contributed by atoms with Crippen molar-refractivity contribution in [1.82, 2.24) is 20.7 Å². The van der Waals surface area contributed by atoms with Crippen LogP contribution in [0.2, 0.25) is 0 Å². The molecule has 3 aromatic rings. The minimum Gasteiger partial charge on any atom is -0.356 e. The highest BCUT2D eigenvalue weighted by Gasteiger charge is 2.32. The lowest BCUT2D eigenvalue weighted by Gasteiger charge is -2.18. The summed E-state index contributed by atoms with van der Waals surface area (Å²) in [6.45, 7) is 0. The van der Waals surface area contributed by atoms with Crippen molar-refractivity contribution in [1.29, 1.82) is 0 Å². The van der Waals surface area contributed by atoms with E-state index in [9.17, 15) is 9.59 Å². The minimum absolute atomic E-state index is 0.243. The van der Waals surface area contributed by atoms with Gasteiger partial charge in [-0.2, -0.15) is 5.10 Å². The number of nitrogens with one attached hydrogen (secondary N) is 2. The first-order valence-electron chi connectivity index (χ1n) is 6.29. The number of fused-ring (bicyclic) bond motifs is 3. The van der Waals surface area contributed by atoms with Crippen LogP contribution in [-0.2, 0) is 9.59 Å². The molecule has 2 N–H and O–H groups in total. The van der Waals surface area contributed by atoms with E-state index < -0.39 is 5.92 Å². The van der Waals surface area contributed by atoms with E-state index in [1.807, 2.05) is 6.07 Å². The van der Waals surface area contributed by atoms with Gasteiger partial charge < -0.3 is 4.52 Å². The smallest absolute Gasteiger partial charge is 0.235 e. The Kier molecular flexibility index (Phi) is 2.17. The zero-order valence-electron chi connectivity index (χ0n) is 10.3. The van der Waals surface area contributed by atoms with E-state index >= 15 is 0 Å². The van der Waals surface area contributed by atoms with Crippen molar-refractivity contribution in [3.63, 3.8) is 0 Å². The Morgan fingerprint density at radius 3 is 3.05 bits per heavy atom. The number of benzene rings is 1. The summed E-state index contributed by atoms with van der Waals surface area (Å²) in [6.07, 6.45) is 2.44. The summed E-state index contributed by atoms with van der Waals surface area (Å²) in [4.78, 5) is 23.2. The highest BCUT2D eigenvalue weighted by Crippen LogP contribution is 2.34. The van der Waals surface area contributed by atoms with Crippen LogP contribution >= 0.6 is 0 Å². The van der Waals surface area contributed by atoms with Crippen molar-refractivity contribution in [3.8, 4) is 0 Å². The third-order valence-corrected chi connectivity index (χ3v) is 3.65. The maximum Gasteiger partial charge on any atom is 0.235 e. The Bertz CT molecular complexity index is 848. The average molecular weight is 270 g/mol. The maximum atomic E-state index is 12.0. The predicted octanol–water partition coefficient (Wildman–Crippen LogP) is 1.22. The molecule has 0 saturated carbocycles. The number of carbonyl (C=O) groups is 2. The Morgan fingerprint density at radius 1 is 1.30 bits per heavy atom. The number of piperidine rings is 1. The normalized spacial score (nSPS) is 19.7. The summed E-state index contributed by atoms with van der Waals surface area (Å²) >= 11 is 0. The number of rotatable bonds is 1. The van der Waals surface area contributed by atoms with Gasteiger partial charge in [0.25, 0.3) is 0 Å². The molecule has 1 aliphatic rings. The largest absolute Gasteiger partial charge is 0.356 e. The maximum absolute atomic E-state index is 12.0. The number of aromatic nitrogens is 3. The summed E-state index contributed by atoms with van der Waals surface area (Å²) in [5.41, 5.74) is 2.03. The van der Waals surface area contributed by atoms with Crippen LogP contribution < -0.4 is 5.32 Å². The third-order valence-electron chi connectivity index (χ3n) is 3.65. The SMILES string of the molecule is O=C1CC[C@@H](c2noc3ccc4[nH]ncc4c23)C(=O)N1. The first-order valence-corrected chi connectivity index (χ1v) is 6.29. The second-order valence-electron chi connectivity index (χ2n) is 4.84. The second-order valence-corrected chi connectivity index (χ2v) is 4.84. The standard InChI is InChI=1S/C13H10N4O3/c18-10-4-1-6(13(19)15-10)12-11-7-5-14-16-8(7)2-3-9(11)20-17-12/h2-3,5-6H,1,4H2,(H,14,16)(H,15,18,19)/t6-/m0/s1. The quantitative estimate of drug-likeness (QED) is 0.647. The summed E-state index contributed by atoms with van der Waals surface area (Å²) in [6, 6.07) is 3.64. The molecule has 20 heavy (non-hydrogen) atoms. The summed E-state index contributed by atoms with van der Waals surface area (Å²) in [5.74, 6) is -1.03. The third kappa shape index (κ3) is 1.46. The number of hydrogen-bond acceptors (Lipinski definition) is 5. The van der Waals surface area contributed by atoms with Crippen LogP contribution in [0.5, 0.6) is 0 Å². The van der Waals surface area contributed by atoms with E-state index in [0.29, 0.717) is 24.1 Å². The van der Waals surface area contributed by atoms with Gasteiger partial charge in [-0.1, -0.05) is 5.16 Å². The van der Waals surface area contributed by atoms with Gasteiger partial charge in [0.2, 0.25) is 11.8 Å². The summed E-state index contributed by atoms with van der Waals surface area (Å²) in [5, 5.41) is 14.9. The molecule has 1 atom stereocenters. The zero-order valence-corrected chi connectivity index (χ0v) is 10.3. The van der Waals surface area contributed by atoms with Crippen LogP contribution in [0.3, 0.4) is 0 Å². The molecule has 0 spiro atoms. The molecular weight excluding hydrogens is 260 g/mol. The van der Waals surface area contributed by atoms with E-state index in [-0.39, 0.29) is 11.8 Å². The molecule has 0 radical (unpaired) electrons. The van der Waals surface area contributed by atoms with Crippen molar-refractivity contribution in [2.75, 3.05) is 0 Å². The molecule has 7 nitrogen and oxygen atoms in total. The van der Waals surface area contributed by atoms with Gasteiger partial charge in [0.15, 0.2) is 5.58 Å². The van der Waals surface area contributed by atoms with E-state index in [1.165, 1.54) is 0 Å². The van der Waals surface area contributed by atoms with Crippen LogP contribution in [0.15, 0.2) is 22.9 Å². The number of imide groups is 1. The van der Waals surface area contributed by atoms with Crippen LogP contribution in [-0.4, -0.2) is 27.2 Å². The Morgan fingerprint density at radius 2 is 2.20 bits per heavy atom. The highest BCUT2D eigenvalue weighted by molar-refractivity contribution is 6.08. The molecule has 2 amide bonds. The Hall–Kier alpha value is -2.70. The fourth-order valence-electron chi connectivity index (χ4n) is 2.67. The van der Waals surface area contributed by atoms with Crippen molar-refractivity contribution >= 4 is 33.7 Å². The first kappa shape index (κ1) is 11.2. The van der Waals surface area contributed by atoms with Crippen molar-refractivity contribution in [3.05, 3.63) is 24.0 Å². The van der Waals surface area contributed by atoms with E-state index in [1.54, 1.807) is 12.3 Å². The molecule has 0 unspecified atom stereocenters. The van der Waals surface area contributed by atoms with Gasteiger partial charge in [-0.15, -0.1) is 0 Å². The fourth-order valence-corrected chi connectivity index (χ4v) is 2.67. The van der Waals surface area contributed by atoms with Gasteiger partial charge >= 0.3 is 0 Å². The Balaban J connectivity index is 1.93. The van der Waals surface area contributed by atoms with E-state index in [4.69, 9.17) is 4.52 Å². The average Bonchev–Trinajstić information content (AvgIpc) is 3.03. The lowest BCUT2D eigenvalue weighted by atomic mass is 9.92. The Labute approximate surface area is 112 Å². The van der Waals surface area contributed by atoms with Crippen LogP contribution in [0, 0.1) is 0 Å². The molecule has 1 fully saturated rings. The van der Waals surface area contributed by atoms with Crippen molar-refractivity contribution in [2.24, 2.45) is 0 Å². The van der Waals surface area contributed by atoms with E-state index in [0.717, 1.165) is 16.3 Å². The molecule has 0 aliphatic carbocycles. The molecule has 0 bridgehead atoms. The summed E-state index contributed by atoms with van der Waals surface area (Å²) in [7, 11) is 0. The van der Waals surface area contributed by atoms with Gasteiger partial charge in [-0.05, 0) is 18.6 Å². The molecule has 1 aromatic carbocycles. The van der Waals surface area contributed by atoms with Crippen LogP contribution in [0.25, 0.3) is 21.9 Å². The first-order chi connectivity index (χ1) is 9.74. The zero-order chi connectivity index (χ0) is 13.7. The number of hydrogen-bond donors (Lipinski definition) is 2. The van der Waals surface area contributed by atoms with Crippen molar-refractivity contribution < 1.29 is 14.1 Å². The molecule has 1 aliphatic heterocycles.